The van der Waals surface area contributed by atoms with E-state index in [-0.39, 0.29) is 0 Å². The smallest absolute Gasteiger partial charge is 0.337 e. The van der Waals surface area contributed by atoms with Gasteiger partial charge < -0.3 is 14.8 Å². The van der Waals surface area contributed by atoms with E-state index in [0.717, 1.165) is 64.3 Å². The van der Waals surface area contributed by atoms with E-state index in [1.165, 1.54) is 7.11 Å². The van der Waals surface area contributed by atoms with Crippen LogP contribution in [0, 0.1) is 5.92 Å². The molecule has 0 radical (unpaired) electrons. The fraction of sp³-hybridized carbons (Fsp3) is 0.281. The molecule has 1 aliphatic carbocycles. The van der Waals surface area contributed by atoms with E-state index < -0.39 is 5.97 Å². The maximum atomic E-state index is 12.0. The number of nitrogens with zero attached hydrogens (tertiary/aromatic N) is 6. The van der Waals surface area contributed by atoms with Crippen LogP contribution in [0.4, 0.5) is 11.6 Å². The number of ether oxygens (including phenoxy) is 2. The number of aryl methyl sites for hydroxylation is 3. The van der Waals surface area contributed by atoms with Crippen LogP contribution in [-0.2, 0) is 31.2 Å². The summed E-state index contributed by atoms with van der Waals surface area (Å²) in [6.45, 7) is 5.27. The summed E-state index contributed by atoms with van der Waals surface area (Å²) in [5, 5.41) is 12.7. The molecule has 6 rings (SSSR count). The number of aromatic nitrogens is 6. The first-order chi connectivity index (χ1) is 20.3. The van der Waals surface area contributed by atoms with Gasteiger partial charge in [0.2, 0.25) is 5.95 Å². The van der Waals surface area contributed by atoms with E-state index >= 15 is 0 Å². The molecule has 0 saturated heterocycles. The lowest BCUT2D eigenvalue weighted by Gasteiger charge is -2.18. The van der Waals surface area contributed by atoms with Gasteiger partial charge in [-0.2, -0.15) is 10.2 Å². The molecule has 10 heteroatoms. The van der Waals surface area contributed by atoms with Gasteiger partial charge in [-0.25, -0.2) is 14.8 Å². The fourth-order valence-corrected chi connectivity index (χ4v) is 5.42. The highest BCUT2D eigenvalue weighted by molar-refractivity contribution is 5.91. The van der Waals surface area contributed by atoms with E-state index in [1.807, 2.05) is 28.8 Å². The molecule has 2 aromatic carbocycles. The number of rotatable bonds is 8. The number of nitrogens with one attached hydrogen (secondary N) is 1. The van der Waals surface area contributed by atoms with E-state index in [1.54, 1.807) is 25.3 Å². The van der Waals surface area contributed by atoms with Crippen molar-refractivity contribution in [3.63, 3.8) is 0 Å². The molecule has 3 aromatic heterocycles. The predicted octanol–water partition coefficient (Wildman–Crippen LogP) is 5.70. The molecule has 0 atom stereocenters. The number of anilines is 2. The lowest BCUT2D eigenvalue weighted by Crippen LogP contribution is -2.09. The Balaban J connectivity index is 1.33. The molecule has 0 bridgehead atoms. The van der Waals surface area contributed by atoms with Crippen LogP contribution in [0.3, 0.4) is 0 Å². The normalized spacial score (nSPS) is 12.1. The summed E-state index contributed by atoms with van der Waals surface area (Å²) in [5.74, 6) is 1.01. The first kappa shape index (κ1) is 27.2. The second-order valence-corrected chi connectivity index (χ2v) is 10.8. The maximum absolute atomic E-state index is 12.0. The van der Waals surface area contributed by atoms with E-state index in [4.69, 9.17) is 19.6 Å². The molecule has 0 spiro atoms. The Hall–Kier alpha value is -4.99. The zero-order valence-corrected chi connectivity index (χ0v) is 24.4. The van der Waals surface area contributed by atoms with Crippen molar-refractivity contribution in [2.24, 2.45) is 13.0 Å². The van der Waals surface area contributed by atoms with Gasteiger partial charge in [-0.3, -0.25) is 9.36 Å². The van der Waals surface area contributed by atoms with Crippen molar-refractivity contribution in [1.29, 1.82) is 0 Å². The van der Waals surface area contributed by atoms with E-state index in [2.05, 4.69) is 59.7 Å². The standard InChI is InChI=1S/C32H33N7O3/c1-19(2)17-39-18-24(16-34-39)20-6-8-21(9-7-20)30-28-26(37-38(30)3)13-11-23-15-33-32(36-29(23)28)35-25-12-10-22(31(40)42-5)14-27(25)41-4/h6-10,12,14-16,18-19H,11,13,17H2,1-5H3,(H,33,35,36). The van der Waals surface area contributed by atoms with Crippen molar-refractivity contribution in [3.8, 4) is 39.4 Å². The second-order valence-electron chi connectivity index (χ2n) is 10.8. The molecule has 0 unspecified atom stereocenters. The van der Waals surface area contributed by atoms with Crippen LogP contribution in [0.2, 0.25) is 0 Å². The zero-order chi connectivity index (χ0) is 29.4. The summed E-state index contributed by atoms with van der Waals surface area (Å²) in [6, 6.07) is 13.6. The predicted molar refractivity (Wildman–Crippen MR) is 161 cm³/mol. The molecule has 1 aliphatic rings. The Kier molecular flexibility index (Phi) is 7.20. The third kappa shape index (κ3) is 5.11. The summed E-state index contributed by atoms with van der Waals surface area (Å²) < 4.78 is 14.3. The Morgan fingerprint density at radius 2 is 1.81 bits per heavy atom. The summed E-state index contributed by atoms with van der Waals surface area (Å²) >= 11 is 0. The third-order valence-corrected chi connectivity index (χ3v) is 7.40. The van der Waals surface area contributed by atoms with Gasteiger partial charge in [0.25, 0.3) is 0 Å². The fourth-order valence-electron chi connectivity index (χ4n) is 5.42. The van der Waals surface area contributed by atoms with Crippen LogP contribution < -0.4 is 10.1 Å². The molecule has 0 saturated carbocycles. The number of methoxy groups -OCH3 is 2. The van der Waals surface area contributed by atoms with E-state index in [9.17, 15) is 4.79 Å². The largest absolute Gasteiger partial charge is 0.495 e. The lowest BCUT2D eigenvalue weighted by atomic mass is 9.91. The highest BCUT2D eigenvalue weighted by Crippen LogP contribution is 2.40. The topological polar surface area (TPSA) is 109 Å². The van der Waals surface area contributed by atoms with Crippen LogP contribution in [-0.4, -0.2) is 49.7 Å². The number of hydrogen-bond acceptors (Lipinski definition) is 8. The average Bonchev–Trinajstić information content (AvgIpc) is 3.60. The third-order valence-electron chi connectivity index (χ3n) is 7.40. The number of carbonyl (C=O) groups is 1. The monoisotopic (exact) mass is 563 g/mol. The van der Waals surface area contributed by atoms with Crippen molar-refractivity contribution >= 4 is 17.6 Å². The lowest BCUT2D eigenvalue weighted by molar-refractivity contribution is 0.0600. The first-order valence-corrected chi connectivity index (χ1v) is 13.9. The van der Waals surface area contributed by atoms with E-state index in [0.29, 0.717) is 28.9 Å². The van der Waals surface area contributed by atoms with Gasteiger partial charge in [0.1, 0.15) is 5.75 Å². The second kappa shape index (κ2) is 11.1. The molecule has 1 N–H and O–H groups in total. The molecule has 3 heterocycles. The summed E-state index contributed by atoms with van der Waals surface area (Å²) in [7, 11) is 4.87. The first-order valence-electron chi connectivity index (χ1n) is 13.9. The van der Waals surface area contributed by atoms with Gasteiger partial charge in [-0.15, -0.1) is 0 Å². The van der Waals surface area contributed by atoms with Crippen molar-refractivity contribution in [2.75, 3.05) is 19.5 Å². The van der Waals surface area contributed by atoms with Crippen molar-refractivity contribution in [2.45, 2.75) is 33.2 Å². The number of fused-ring (bicyclic) bond motifs is 3. The number of esters is 1. The minimum Gasteiger partial charge on any atom is -0.495 e. The molecule has 10 nitrogen and oxygen atoms in total. The highest BCUT2D eigenvalue weighted by Gasteiger charge is 2.27. The molecule has 5 aromatic rings. The quantitative estimate of drug-likeness (QED) is 0.240. The summed E-state index contributed by atoms with van der Waals surface area (Å²) in [6.07, 6.45) is 7.53. The van der Waals surface area contributed by atoms with Crippen LogP contribution in [0.1, 0.15) is 35.5 Å². The van der Waals surface area contributed by atoms with Gasteiger partial charge in [0.05, 0.1) is 48.7 Å². The van der Waals surface area contributed by atoms with Gasteiger partial charge in [0.15, 0.2) is 0 Å². The average molecular weight is 564 g/mol. The molecular weight excluding hydrogens is 530 g/mol. The molecule has 0 fully saturated rings. The molecular formula is C32H33N7O3. The Morgan fingerprint density at radius 1 is 1.02 bits per heavy atom. The summed E-state index contributed by atoms with van der Waals surface area (Å²) in [5.41, 5.74) is 9.29. The van der Waals surface area contributed by atoms with Gasteiger partial charge in [-0.05, 0) is 48.1 Å². The minimum atomic E-state index is -0.434. The summed E-state index contributed by atoms with van der Waals surface area (Å²) in [4.78, 5) is 21.5. The van der Waals surface area contributed by atoms with Gasteiger partial charge in [0, 0.05) is 42.7 Å². The Bertz CT molecular complexity index is 1770. The van der Waals surface area contributed by atoms with Crippen LogP contribution in [0.15, 0.2) is 61.1 Å². The SMILES string of the molecule is COC(=O)c1ccc(Nc2ncc3c(n2)-c2c(nn(C)c2-c2ccc(-c4cnn(CC(C)C)c4)cc2)CC3)c(OC)c1. The maximum Gasteiger partial charge on any atom is 0.337 e. The number of benzene rings is 2. The van der Waals surface area contributed by atoms with Crippen molar-refractivity contribution < 1.29 is 14.3 Å². The number of hydrogen-bond donors (Lipinski definition) is 1. The molecule has 42 heavy (non-hydrogen) atoms. The minimum absolute atomic E-state index is 0.395. The van der Waals surface area contributed by atoms with Crippen molar-refractivity contribution in [3.05, 3.63) is 77.9 Å². The molecule has 0 amide bonds. The number of carbonyl (C=O) groups excluding carboxylic acids is 1. The van der Waals surface area contributed by atoms with Gasteiger partial charge in [-0.1, -0.05) is 38.1 Å². The molecule has 214 valence electrons. The van der Waals surface area contributed by atoms with Gasteiger partial charge >= 0.3 is 5.97 Å². The van der Waals surface area contributed by atoms with Crippen LogP contribution in [0.25, 0.3) is 33.6 Å². The zero-order valence-electron chi connectivity index (χ0n) is 24.4. The van der Waals surface area contributed by atoms with Crippen LogP contribution >= 0.6 is 0 Å². The van der Waals surface area contributed by atoms with Crippen molar-refractivity contribution in [1.82, 2.24) is 29.5 Å². The molecule has 0 aliphatic heterocycles. The Labute approximate surface area is 244 Å². The highest BCUT2D eigenvalue weighted by atomic mass is 16.5. The van der Waals surface area contributed by atoms with Crippen LogP contribution in [0.5, 0.6) is 5.75 Å². The Morgan fingerprint density at radius 3 is 2.55 bits per heavy atom.